The zero-order valence-corrected chi connectivity index (χ0v) is 13.7. The van der Waals surface area contributed by atoms with Gasteiger partial charge < -0.3 is 0 Å². The highest BCUT2D eigenvalue weighted by molar-refractivity contribution is 8.00. The van der Waals surface area contributed by atoms with Gasteiger partial charge in [0.05, 0.1) is 0 Å². The zero-order valence-electron chi connectivity index (χ0n) is 12.1. The van der Waals surface area contributed by atoms with E-state index in [2.05, 4.69) is 41.4 Å². The highest BCUT2D eigenvalue weighted by Crippen LogP contribution is 2.36. The molecular formula is C15H17N3OS2. The Hall–Kier alpha value is -1.40. The third kappa shape index (κ3) is 3.63. The van der Waals surface area contributed by atoms with E-state index in [9.17, 15) is 4.79 Å². The van der Waals surface area contributed by atoms with Crippen molar-refractivity contribution in [1.82, 2.24) is 10.2 Å². The normalized spacial score (nSPS) is 14.2. The molecule has 4 nitrogen and oxygen atoms in total. The summed E-state index contributed by atoms with van der Waals surface area (Å²) in [6.07, 6.45) is 2.15. The molecule has 1 aliphatic carbocycles. The van der Waals surface area contributed by atoms with E-state index in [0.29, 0.717) is 6.04 Å². The summed E-state index contributed by atoms with van der Waals surface area (Å²) in [6, 6.07) is 8.80. The van der Waals surface area contributed by atoms with Gasteiger partial charge in [0.25, 0.3) is 0 Å². The van der Waals surface area contributed by atoms with Gasteiger partial charge in [0.2, 0.25) is 11.0 Å². The summed E-state index contributed by atoms with van der Waals surface area (Å²) in [4.78, 5) is 13.5. The van der Waals surface area contributed by atoms with E-state index in [-0.39, 0.29) is 5.91 Å². The summed E-state index contributed by atoms with van der Waals surface area (Å²) in [5, 5.41) is 9.12. The topological polar surface area (TPSA) is 46.1 Å². The van der Waals surface area contributed by atoms with E-state index in [1.807, 2.05) is 0 Å². The standard InChI is InChI=1S/C15H17N3OS2/c1-10-4-3-5-12(8-10)9-20-15-17-16-14(21-15)18(11(2)19)13-6-7-13/h3-5,8,13H,6-7,9H2,1-2H3. The van der Waals surface area contributed by atoms with Gasteiger partial charge in [0, 0.05) is 18.7 Å². The maximum atomic E-state index is 11.7. The van der Waals surface area contributed by atoms with E-state index >= 15 is 0 Å². The summed E-state index contributed by atoms with van der Waals surface area (Å²) in [6.45, 7) is 3.69. The SMILES string of the molecule is CC(=O)N(c1nnc(SCc2cccc(C)c2)s1)C1CC1. The Morgan fingerprint density at radius 3 is 2.90 bits per heavy atom. The minimum absolute atomic E-state index is 0.0592. The van der Waals surface area contributed by atoms with E-state index < -0.39 is 0 Å². The van der Waals surface area contributed by atoms with Crippen molar-refractivity contribution < 1.29 is 4.79 Å². The van der Waals surface area contributed by atoms with Crippen molar-refractivity contribution in [3.63, 3.8) is 0 Å². The molecule has 1 aromatic heterocycles. The Morgan fingerprint density at radius 2 is 2.24 bits per heavy atom. The molecule has 0 unspecified atom stereocenters. The summed E-state index contributed by atoms with van der Waals surface area (Å²) in [7, 11) is 0. The van der Waals surface area contributed by atoms with Crippen molar-refractivity contribution >= 4 is 34.1 Å². The molecule has 2 aromatic rings. The number of aromatic nitrogens is 2. The van der Waals surface area contributed by atoms with Gasteiger partial charge in [-0.3, -0.25) is 9.69 Å². The molecule has 0 atom stereocenters. The Bertz CT molecular complexity index is 652. The Morgan fingerprint density at radius 1 is 1.43 bits per heavy atom. The van der Waals surface area contributed by atoms with Crippen LogP contribution in [0.4, 0.5) is 5.13 Å². The van der Waals surface area contributed by atoms with Crippen molar-refractivity contribution in [2.75, 3.05) is 4.90 Å². The lowest BCUT2D eigenvalue weighted by Crippen LogP contribution is -2.30. The average molecular weight is 319 g/mol. The highest BCUT2D eigenvalue weighted by atomic mass is 32.2. The number of hydrogen-bond acceptors (Lipinski definition) is 5. The Labute approximate surface area is 132 Å². The molecule has 3 rings (SSSR count). The number of rotatable bonds is 5. The fourth-order valence-electron chi connectivity index (χ4n) is 2.19. The molecule has 1 fully saturated rings. The number of amides is 1. The van der Waals surface area contributed by atoms with Crippen LogP contribution in [0.15, 0.2) is 28.6 Å². The van der Waals surface area contributed by atoms with Crippen LogP contribution in [0.5, 0.6) is 0 Å². The molecular weight excluding hydrogens is 302 g/mol. The van der Waals surface area contributed by atoms with E-state index in [4.69, 9.17) is 0 Å². The number of thioether (sulfide) groups is 1. The Kier molecular flexibility index (Phi) is 4.26. The van der Waals surface area contributed by atoms with Gasteiger partial charge in [-0.05, 0) is 25.3 Å². The quantitative estimate of drug-likeness (QED) is 0.623. The van der Waals surface area contributed by atoms with Gasteiger partial charge in [-0.25, -0.2) is 0 Å². The number of carbonyl (C=O) groups excluding carboxylic acids is 1. The molecule has 21 heavy (non-hydrogen) atoms. The summed E-state index contributed by atoms with van der Waals surface area (Å²) in [5.74, 6) is 0.934. The minimum Gasteiger partial charge on any atom is -0.284 e. The second-order valence-corrected chi connectivity index (χ2v) is 7.43. The lowest BCUT2D eigenvalue weighted by molar-refractivity contribution is -0.116. The fraction of sp³-hybridized carbons (Fsp3) is 0.400. The number of benzene rings is 1. The van der Waals surface area contributed by atoms with Crippen LogP contribution in [0.3, 0.4) is 0 Å². The van der Waals surface area contributed by atoms with Crippen LogP contribution in [0.25, 0.3) is 0 Å². The van der Waals surface area contributed by atoms with Crippen LogP contribution in [0, 0.1) is 6.92 Å². The van der Waals surface area contributed by atoms with Gasteiger partial charge >= 0.3 is 0 Å². The molecule has 1 aliphatic rings. The fourth-order valence-corrected chi connectivity index (χ4v) is 4.09. The zero-order chi connectivity index (χ0) is 14.8. The van der Waals surface area contributed by atoms with Gasteiger partial charge in [-0.15, -0.1) is 10.2 Å². The molecule has 1 heterocycles. The van der Waals surface area contributed by atoms with Gasteiger partial charge in [-0.1, -0.05) is 52.9 Å². The lowest BCUT2D eigenvalue weighted by atomic mass is 10.2. The molecule has 110 valence electrons. The number of anilines is 1. The third-order valence-electron chi connectivity index (χ3n) is 3.30. The molecule has 0 N–H and O–H groups in total. The lowest BCUT2D eigenvalue weighted by Gasteiger charge is -2.15. The van der Waals surface area contributed by atoms with Gasteiger partial charge in [-0.2, -0.15) is 0 Å². The van der Waals surface area contributed by atoms with Crippen molar-refractivity contribution in [2.45, 2.75) is 42.8 Å². The van der Waals surface area contributed by atoms with Crippen LogP contribution >= 0.6 is 23.1 Å². The molecule has 0 bridgehead atoms. The first-order valence-electron chi connectivity index (χ1n) is 6.95. The summed E-state index contributed by atoms with van der Waals surface area (Å²) < 4.78 is 0.915. The van der Waals surface area contributed by atoms with Crippen LogP contribution < -0.4 is 4.90 Å². The number of nitrogens with zero attached hydrogens (tertiary/aromatic N) is 3. The van der Waals surface area contributed by atoms with Crippen LogP contribution in [0.1, 0.15) is 30.9 Å². The first-order valence-corrected chi connectivity index (χ1v) is 8.75. The third-order valence-corrected chi connectivity index (χ3v) is 5.42. The molecule has 0 aliphatic heterocycles. The molecule has 1 saturated carbocycles. The first kappa shape index (κ1) is 14.5. The second kappa shape index (κ2) is 6.15. The number of carbonyl (C=O) groups is 1. The van der Waals surface area contributed by atoms with Crippen molar-refractivity contribution in [2.24, 2.45) is 0 Å². The van der Waals surface area contributed by atoms with E-state index in [1.54, 1.807) is 23.6 Å². The maximum Gasteiger partial charge on any atom is 0.225 e. The maximum absolute atomic E-state index is 11.7. The molecule has 1 amide bonds. The molecule has 1 aromatic carbocycles. The van der Waals surface area contributed by atoms with E-state index in [1.165, 1.54) is 22.5 Å². The van der Waals surface area contributed by atoms with Gasteiger partial charge in [0.1, 0.15) is 0 Å². The Balaban J connectivity index is 1.66. The number of hydrogen-bond donors (Lipinski definition) is 0. The second-order valence-electron chi connectivity index (χ2n) is 5.25. The number of aryl methyl sites for hydroxylation is 1. The van der Waals surface area contributed by atoms with Crippen molar-refractivity contribution in [3.05, 3.63) is 35.4 Å². The van der Waals surface area contributed by atoms with Crippen molar-refractivity contribution in [1.29, 1.82) is 0 Å². The largest absolute Gasteiger partial charge is 0.284 e. The summed E-state index contributed by atoms with van der Waals surface area (Å²) >= 11 is 3.18. The molecule has 0 radical (unpaired) electrons. The predicted octanol–water partition coefficient (Wildman–Crippen LogP) is 3.65. The average Bonchev–Trinajstić information content (AvgIpc) is 3.15. The van der Waals surface area contributed by atoms with Crippen LogP contribution in [-0.4, -0.2) is 22.1 Å². The van der Waals surface area contributed by atoms with Crippen LogP contribution in [-0.2, 0) is 10.5 Å². The van der Waals surface area contributed by atoms with Crippen molar-refractivity contribution in [3.8, 4) is 0 Å². The molecule has 0 saturated heterocycles. The highest BCUT2D eigenvalue weighted by Gasteiger charge is 2.34. The van der Waals surface area contributed by atoms with E-state index in [0.717, 1.165) is 28.1 Å². The van der Waals surface area contributed by atoms with Gasteiger partial charge in [0.15, 0.2) is 4.34 Å². The summed E-state index contributed by atoms with van der Waals surface area (Å²) in [5.41, 5.74) is 2.55. The van der Waals surface area contributed by atoms with Crippen LogP contribution in [0.2, 0.25) is 0 Å². The first-order chi connectivity index (χ1) is 10.1. The predicted molar refractivity (Wildman–Crippen MR) is 86.8 cm³/mol. The molecule has 6 heteroatoms. The minimum atomic E-state index is 0.0592. The smallest absolute Gasteiger partial charge is 0.225 e. The molecule has 0 spiro atoms. The monoisotopic (exact) mass is 319 g/mol.